The lowest BCUT2D eigenvalue weighted by atomic mass is 9.98. The second-order valence-corrected chi connectivity index (χ2v) is 5.53. The van der Waals surface area contributed by atoms with Crippen molar-refractivity contribution in [3.8, 4) is 0 Å². The molecule has 0 aromatic heterocycles. The molecule has 0 heterocycles. The van der Waals surface area contributed by atoms with Crippen LogP contribution in [0.4, 0.5) is 4.79 Å². The van der Waals surface area contributed by atoms with Gasteiger partial charge in [0.1, 0.15) is 0 Å². The van der Waals surface area contributed by atoms with Crippen LogP contribution in [0, 0.1) is 6.92 Å². The Morgan fingerprint density at radius 3 is 2.00 bits per heavy atom. The molecule has 0 aliphatic carbocycles. The molecule has 0 bridgehead atoms. The van der Waals surface area contributed by atoms with E-state index in [9.17, 15) is 4.79 Å². The van der Waals surface area contributed by atoms with Gasteiger partial charge in [-0.2, -0.15) is 0 Å². The minimum Gasteiger partial charge on any atom is -0.336 e. The van der Waals surface area contributed by atoms with Crippen molar-refractivity contribution in [1.82, 2.24) is 10.6 Å². The molecule has 2 aromatic rings. The summed E-state index contributed by atoms with van der Waals surface area (Å²) in [6.45, 7) is 5.95. The highest BCUT2D eigenvalue weighted by Crippen LogP contribution is 2.22. The van der Waals surface area contributed by atoms with E-state index in [2.05, 4.69) is 41.8 Å². The van der Waals surface area contributed by atoms with Gasteiger partial charge in [-0.3, -0.25) is 0 Å². The summed E-state index contributed by atoms with van der Waals surface area (Å²) in [6.07, 6.45) is 0. The quantitative estimate of drug-likeness (QED) is 0.880. The zero-order valence-corrected chi connectivity index (χ0v) is 12.8. The summed E-state index contributed by atoms with van der Waals surface area (Å²) in [5.74, 6) is 0. The number of benzene rings is 2. The molecule has 110 valence electrons. The largest absolute Gasteiger partial charge is 0.336 e. The maximum atomic E-state index is 12.1. The van der Waals surface area contributed by atoms with E-state index >= 15 is 0 Å². The van der Waals surface area contributed by atoms with Crippen molar-refractivity contribution in [2.45, 2.75) is 32.9 Å². The molecule has 2 amide bonds. The number of aryl methyl sites for hydroxylation is 1. The first kappa shape index (κ1) is 15.1. The molecule has 0 radical (unpaired) electrons. The van der Waals surface area contributed by atoms with Gasteiger partial charge in [-0.25, -0.2) is 4.79 Å². The van der Waals surface area contributed by atoms with Crippen molar-refractivity contribution in [1.29, 1.82) is 0 Å². The second kappa shape index (κ2) is 6.93. The minimum absolute atomic E-state index is 0.111. The van der Waals surface area contributed by atoms with E-state index in [4.69, 9.17) is 0 Å². The summed E-state index contributed by atoms with van der Waals surface area (Å²) < 4.78 is 0. The van der Waals surface area contributed by atoms with Gasteiger partial charge in [-0.1, -0.05) is 60.2 Å². The second-order valence-electron chi connectivity index (χ2n) is 5.53. The highest BCUT2D eigenvalue weighted by molar-refractivity contribution is 5.75. The van der Waals surface area contributed by atoms with Gasteiger partial charge in [-0.15, -0.1) is 0 Å². The Morgan fingerprint density at radius 2 is 1.43 bits per heavy atom. The van der Waals surface area contributed by atoms with Crippen LogP contribution in [0.15, 0.2) is 54.6 Å². The molecule has 0 aliphatic rings. The number of carbonyl (C=O) groups excluding carboxylic acids is 1. The Bertz CT molecular complexity index is 576. The zero-order valence-electron chi connectivity index (χ0n) is 12.8. The Labute approximate surface area is 126 Å². The molecule has 2 N–H and O–H groups in total. The summed E-state index contributed by atoms with van der Waals surface area (Å²) in [4.78, 5) is 12.1. The van der Waals surface area contributed by atoms with E-state index in [0.29, 0.717) is 0 Å². The number of hydrogen-bond acceptors (Lipinski definition) is 1. The van der Waals surface area contributed by atoms with E-state index in [1.165, 1.54) is 5.56 Å². The fraction of sp³-hybridized carbons (Fsp3) is 0.278. The molecule has 0 fully saturated rings. The first-order valence-corrected chi connectivity index (χ1v) is 7.25. The Kier molecular flexibility index (Phi) is 4.99. The van der Waals surface area contributed by atoms with Crippen LogP contribution >= 0.6 is 0 Å². The third-order valence-corrected chi connectivity index (χ3v) is 3.24. The van der Waals surface area contributed by atoms with Crippen LogP contribution in [0.3, 0.4) is 0 Å². The molecule has 0 aliphatic heterocycles. The lowest BCUT2D eigenvalue weighted by Crippen LogP contribution is -2.41. The van der Waals surface area contributed by atoms with E-state index in [1.807, 2.05) is 44.2 Å². The minimum atomic E-state index is -0.153. The number of hydrogen-bond donors (Lipinski definition) is 2. The van der Waals surface area contributed by atoms with Crippen molar-refractivity contribution >= 4 is 6.03 Å². The molecular formula is C18H22N2O. The van der Waals surface area contributed by atoms with E-state index in [-0.39, 0.29) is 18.1 Å². The first-order chi connectivity index (χ1) is 10.1. The SMILES string of the molecule is Cc1ccc(C(NC(=O)NC(C)C)c2ccccc2)cc1. The summed E-state index contributed by atoms with van der Waals surface area (Å²) in [6, 6.07) is 18.1. The molecule has 2 rings (SSSR count). The maximum Gasteiger partial charge on any atom is 0.315 e. The normalized spacial score (nSPS) is 12.0. The first-order valence-electron chi connectivity index (χ1n) is 7.25. The van der Waals surface area contributed by atoms with Gasteiger partial charge in [0.15, 0.2) is 0 Å². The molecule has 1 unspecified atom stereocenters. The predicted molar refractivity (Wildman–Crippen MR) is 86.3 cm³/mol. The number of carbonyl (C=O) groups is 1. The molecular weight excluding hydrogens is 260 g/mol. The topological polar surface area (TPSA) is 41.1 Å². The average molecular weight is 282 g/mol. The number of nitrogens with one attached hydrogen (secondary N) is 2. The lowest BCUT2D eigenvalue weighted by Gasteiger charge is -2.21. The standard InChI is InChI=1S/C18H22N2O/c1-13(2)19-18(21)20-17(15-7-5-4-6-8-15)16-11-9-14(3)10-12-16/h4-13,17H,1-3H3,(H2,19,20,21). The highest BCUT2D eigenvalue weighted by atomic mass is 16.2. The Morgan fingerprint density at radius 1 is 0.857 bits per heavy atom. The van der Waals surface area contributed by atoms with Crippen LogP contribution in [-0.4, -0.2) is 12.1 Å². The number of amides is 2. The van der Waals surface area contributed by atoms with Crippen LogP contribution < -0.4 is 10.6 Å². The zero-order chi connectivity index (χ0) is 15.2. The average Bonchev–Trinajstić information content (AvgIpc) is 2.46. The molecule has 3 heteroatoms. The van der Waals surface area contributed by atoms with Gasteiger partial charge in [-0.05, 0) is 31.9 Å². The summed E-state index contributed by atoms with van der Waals surface area (Å²) in [7, 11) is 0. The highest BCUT2D eigenvalue weighted by Gasteiger charge is 2.16. The molecule has 2 aromatic carbocycles. The Balaban J connectivity index is 2.27. The van der Waals surface area contributed by atoms with E-state index in [0.717, 1.165) is 11.1 Å². The van der Waals surface area contributed by atoms with Crippen molar-refractivity contribution in [2.24, 2.45) is 0 Å². The lowest BCUT2D eigenvalue weighted by molar-refractivity contribution is 0.236. The smallest absolute Gasteiger partial charge is 0.315 e. The molecule has 0 saturated carbocycles. The fourth-order valence-electron chi connectivity index (χ4n) is 2.20. The monoisotopic (exact) mass is 282 g/mol. The Hall–Kier alpha value is -2.29. The maximum absolute atomic E-state index is 12.1. The van der Waals surface area contributed by atoms with Gasteiger partial charge in [0.25, 0.3) is 0 Å². The summed E-state index contributed by atoms with van der Waals surface area (Å²) >= 11 is 0. The van der Waals surface area contributed by atoms with Crippen molar-refractivity contribution in [3.05, 3.63) is 71.3 Å². The van der Waals surface area contributed by atoms with Crippen molar-refractivity contribution < 1.29 is 4.79 Å². The van der Waals surface area contributed by atoms with Gasteiger partial charge >= 0.3 is 6.03 Å². The molecule has 21 heavy (non-hydrogen) atoms. The van der Waals surface area contributed by atoms with Crippen LogP contribution in [0.5, 0.6) is 0 Å². The van der Waals surface area contributed by atoms with Gasteiger partial charge in [0.05, 0.1) is 6.04 Å². The van der Waals surface area contributed by atoms with Gasteiger partial charge < -0.3 is 10.6 Å². The van der Waals surface area contributed by atoms with Gasteiger partial charge in [0, 0.05) is 6.04 Å². The number of rotatable bonds is 4. The summed E-state index contributed by atoms with van der Waals surface area (Å²) in [5.41, 5.74) is 3.35. The van der Waals surface area contributed by atoms with E-state index < -0.39 is 0 Å². The van der Waals surface area contributed by atoms with E-state index in [1.54, 1.807) is 0 Å². The summed E-state index contributed by atoms with van der Waals surface area (Å²) in [5, 5.41) is 5.92. The molecule has 1 atom stereocenters. The molecule has 0 spiro atoms. The predicted octanol–water partition coefficient (Wildman–Crippen LogP) is 3.79. The number of urea groups is 1. The fourth-order valence-corrected chi connectivity index (χ4v) is 2.20. The van der Waals surface area contributed by atoms with Crippen LogP contribution in [-0.2, 0) is 0 Å². The molecule has 0 saturated heterocycles. The third kappa shape index (κ3) is 4.35. The van der Waals surface area contributed by atoms with Crippen LogP contribution in [0.25, 0.3) is 0 Å². The third-order valence-electron chi connectivity index (χ3n) is 3.24. The van der Waals surface area contributed by atoms with Crippen molar-refractivity contribution in [2.75, 3.05) is 0 Å². The molecule has 3 nitrogen and oxygen atoms in total. The van der Waals surface area contributed by atoms with Gasteiger partial charge in [0.2, 0.25) is 0 Å². The van der Waals surface area contributed by atoms with Crippen LogP contribution in [0.1, 0.15) is 36.6 Å². The van der Waals surface area contributed by atoms with Crippen LogP contribution in [0.2, 0.25) is 0 Å². The van der Waals surface area contributed by atoms with Crippen molar-refractivity contribution in [3.63, 3.8) is 0 Å².